The molecule has 16 heteroatoms. The van der Waals surface area contributed by atoms with Crippen LogP contribution in [0.3, 0.4) is 0 Å². The van der Waals surface area contributed by atoms with Crippen molar-refractivity contribution in [2.24, 2.45) is 0 Å². The van der Waals surface area contributed by atoms with Gasteiger partial charge in [-0.3, -0.25) is 14.2 Å². The Labute approximate surface area is 428 Å². The van der Waals surface area contributed by atoms with E-state index < -0.39 is 32.6 Å². The molecule has 3 heterocycles. The number of anilines is 1. The van der Waals surface area contributed by atoms with Crippen LogP contribution < -0.4 is 14.8 Å². The zero-order chi connectivity index (χ0) is 51.3. The first kappa shape index (κ1) is 52.4. The van der Waals surface area contributed by atoms with Crippen LogP contribution in [0.25, 0.3) is 11.2 Å². The van der Waals surface area contributed by atoms with Crippen molar-refractivity contribution in [2.45, 2.75) is 95.9 Å². The number of nitriles is 1. The number of rotatable bonds is 24. The van der Waals surface area contributed by atoms with E-state index in [2.05, 4.69) is 53.7 Å². The van der Waals surface area contributed by atoms with E-state index in [1.54, 1.807) is 32.7 Å². The van der Waals surface area contributed by atoms with Crippen LogP contribution in [-0.2, 0) is 41.8 Å². The maximum absolute atomic E-state index is 13.7. The van der Waals surface area contributed by atoms with Gasteiger partial charge in [0.25, 0.3) is 14.4 Å². The van der Waals surface area contributed by atoms with Gasteiger partial charge in [0.05, 0.1) is 52.4 Å². The number of hydrogen-bond donors (Lipinski definition) is 1. The van der Waals surface area contributed by atoms with Crippen LogP contribution in [0.15, 0.2) is 146 Å². The Morgan fingerprint density at radius 3 is 2.03 bits per heavy atom. The average molecular weight is 1000 g/mol. The number of ketones is 1. The van der Waals surface area contributed by atoms with Crippen molar-refractivity contribution in [3.05, 3.63) is 179 Å². The van der Waals surface area contributed by atoms with Gasteiger partial charge in [0, 0.05) is 36.9 Å². The molecule has 15 nitrogen and oxygen atoms in total. The molecule has 0 bridgehead atoms. The lowest BCUT2D eigenvalue weighted by molar-refractivity contribution is -0.118. The molecule has 1 aliphatic heterocycles. The van der Waals surface area contributed by atoms with Crippen LogP contribution in [0.5, 0.6) is 11.5 Å². The standard InChI is InChI=1S/C57H62N7O8P/c1-39(2)64(40(3)4)73(70-33-13-32-58)72-50-35-52(71-51(50)36-69-57(44-16-11-8-12-17-44,45-23-28-48(67-5)29-24-45)46-25-30-49(68-6)31-26-46)63-38-61-53-54(59-37-60-55(53)63)62-56(66)43-21-18-41(19-22-43)20-27-47(65)34-42-14-9-7-10-15-42/h7-12,14-19,21-26,28-31,37-40,50-52H,13,20,27,33-36H2,1-6H3,(H,59,60,62,66)/t50-,51-,52-,73?/m1/s1. The number of aromatic nitrogens is 4. The summed E-state index contributed by atoms with van der Waals surface area (Å²) < 4.78 is 43.2. The highest BCUT2D eigenvalue weighted by Gasteiger charge is 2.45. The molecule has 73 heavy (non-hydrogen) atoms. The normalized spacial score (nSPS) is 16.2. The van der Waals surface area contributed by atoms with Crippen LogP contribution in [0.2, 0.25) is 0 Å². The molecule has 1 amide bonds. The van der Waals surface area contributed by atoms with Crippen molar-refractivity contribution < 1.29 is 37.6 Å². The maximum atomic E-state index is 13.7. The summed E-state index contributed by atoms with van der Waals surface area (Å²) in [5.74, 6) is 1.43. The molecule has 4 atom stereocenters. The number of aryl methyl sites for hydroxylation is 1. The fraction of sp³-hybridized carbons (Fsp3) is 0.333. The van der Waals surface area contributed by atoms with Gasteiger partial charge in [-0.05, 0) is 98.3 Å². The highest BCUT2D eigenvalue weighted by molar-refractivity contribution is 7.44. The minimum atomic E-state index is -1.69. The molecule has 1 N–H and O–H groups in total. The van der Waals surface area contributed by atoms with Gasteiger partial charge in [-0.1, -0.05) is 97.1 Å². The summed E-state index contributed by atoms with van der Waals surface area (Å²) in [5.41, 5.74) is 4.65. The predicted octanol–water partition coefficient (Wildman–Crippen LogP) is 10.8. The molecule has 1 unspecified atom stereocenters. The van der Waals surface area contributed by atoms with Crippen LogP contribution in [-0.4, -0.2) is 87.6 Å². The quantitative estimate of drug-likeness (QED) is 0.0345. The third-order valence-corrected chi connectivity index (χ3v) is 14.9. The van der Waals surface area contributed by atoms with E-state index in [9.17, 15) is 14.9 Å². The minimum absolute atomic E-state index is 0.0542. The topological polar surface area (TPSA) is 172 Å². The summed E-state index contributed by atoms with van der Waals surface area (Å²) in [6, 6.07) is 45.0. The van der Waals surface area contributed by atoms with Gasteiger partial charge < -0.3 is 33.3 Å². The number of carbonyl (C=O) groups excluding carboxylic acids is 2. The summed E-state index contributed by atoms with van der Waals surface area (Å²) >= 11 is 0. The second-order valence-corrected chi connectivity index (χ2v) is 19.7. The Bertz CT molecular complexity index is 2880. The molecule has 2 aromatic heterocycles. The van der Waals surface area contributed by atoms with E-state index in [4.69, 9.17) is 33.0 Å². The monoisotopic (exact) mass is 1000 g/mol. The Morgan fingerprint density at radius 2 is 1.42 bits per heavy atom. The van der Waals surface area contributed by atoms with Gasteiger partial charge in [-0.2, -0.15) is 5.26 Å². The largest absolute Gasteiger partial charge is 0.497 e. The van der Waals surface area contributed by atoms with Crippen molar-refractivity contribution in [1.82, 2.24) is 24.2 Å². The molecule has 1 fully saturated rings. The zero-order valence-corrected chi connectivity index (χ0v) is 43.0. The number of imidazole rings is 1. The fourth-order valence-electron chi connectivity index (χ4n) is 9.18. The molecule has 0 saturated carbocycles. The highest BCUT2D eigenvalue weighted by Crippen LogP contribution is 2.51. The van der Waals surface area contributed by atoms with E-state index >= 15 is 0 Å². The maximum Gasteiger partial charge on any atom is 0.259 e. The lowest BCUT2D eigenvalue weighted by Crippen LogP contribution is -2.39. The molecule has 7 aromatic rings. The number of amides is 1. The van der Waals surface area contributed by atoms with Crippen LogP contribution in [0, 0.1) is 11.3 Å². The zero-order valence-electron chi connectivity index (χ0n) is 42.1. The molecule has 1 saturated heterocycles. The molecule has 5 aromatic carbocycles. The number of methoxy groups -OCH3 is 2. The number of fused-ring (bicyclic) bond motifs is 1. The summed E-state index contributed by atoms with van der Waals surface area (Å²) in [5, 5.41) is 12.4. The van der Waals surface area contributed by atoms with E-state index in [0.717, 1.165) is 27.8 Å². The van der Waals surface area contributed by atoms with Crippen molar-refractivity contribution in [3.8, 4) is 17.6 Å². The molecule has 0 spiro atoms. The Morgan fingerprint density at radius 1 is 0.808 bits per heavy atom. The molecule has 378 valence electrons. The average Bonchev–Trinajstić information content (AvgIpc) is 4.03. The molecular weight excluding hydrogens is 942 g/mol. The molecular formula is C57H62N7O8P. The van der Waals surface area contributed by atoms with Gasteiger partial charge >= 0.3 is 0 Å². The van der Waals surface area contributed by atoms with E-state index in [1.807, 2.05) is 126 Å². The minimum Gasteiger partial charge on any atom is -0.497 e. The molecule has 0 radical (unpaired) electrons. The number of benzene rings is 5. The number of nitrogens with one attached hydrogen (secondary N) is 1. The molecule has 8 rings (SSSR count). The number of Topliss-reactive ketones (excluding diaryl/α,β-unsaturated/α-hetero) is 1. The summed E-state index contributed by atoms with van der Waals surface area (Å²) in [7, 11) is 1.58. The van der Waals surface area contributed by atoms with Crippen molar-refractivity contribution in [1.29, 1.82) is 5.26 Å². The first-order valence-corrected chi connectivity index (χ1v) is 25.7. The highest BCUT2D eigenvalue weighted by atomic mass is 31.2. The SMILES string of the molecule is COc1ccc(C(OC[C@H]2O[C@@H](n3cnc4c(NC(=O)c5ccc(CCC(=O)Cc6ccccc6)cc5)ncnc43)C[C@H]2OP(OCCC#N)N(C(C)C)C(C)C)(c2ccccc2)c2ccc(OC)cc2)cc1. The summed E-state index contributed by atoms with van der Waals surface area (Å²) in [4.78, 5) is 40.2. The molecule has 0 aliphatic carbocycles. The van der Waals surface area contributed by atoms with Crippen LogP contribution >= 0.6 is 8.53 Å². The number of hydrogen-bond acceptors (Lipinski definition) is 13. The first-order valence-electron chi connectivity index (χ1n) is 24.5. The summed E-state index contributed by atoms with van der Waals surface area (Å²) in [6.07, 6.45) is 3.05. The number of ether oxygens (including phenoxy) is 4. The summed E-state index contributed by atoms with van der Waals surface area (Å²) in [6.45, 7) is 8.64. The Kier molecular flexibility index (Phi) is 17.7. The third kappa shape index (κ3) is 12.5. The van der Waals surface area contributed by atoms with Gasteiger partial charge in [0.15, 0.2) is 17.0 Å². The van der Waals surface area contributed by atoms with Gasteiger partial charge in [0.1, 0.15) is 41.5 Å². The van der Waals surface area contributed by atoms with Gasteiger partial charge in [0.2, 0.25) is 0 Å². The van der Waals surface area contributed by atoms with E-state index in [-0.39, 0.29) is 49.2 Å². The van der Waals surface area contributed by atoms with E-state index in [0.29, 0.717) is 53.9 Å². The lowest BCUT2D eigenvalue weighted by Gasteiger charge is -2.39. The Hall–Kier alpha value is -6.89. The fourth-order valence-corrected chi connectivity index (χ4v) is 10.9. The van der Waals surface area contributed by atoms with E-state index in [1.165, 1.54) is 6.33 Å². The third-order valence-electron chi connectivity index (χ3n) is 12.8. The predicted molar refractivity (Wildman–Crippen MR) is 280 cm³/mol. The second kappa shape index (κ2) is 24.7. The van der Waals surface area contributed by atoms with Crippen molar-refractivity contribution >= 4 is 37.2 Å². The smallest absolute Gasteiger partial charge is 0.259 e. The lowest BCUT2D eigenvalue weighted by atomic mass is 9.80. The number of carbonyl (C=O) groups is 2. The van der Waals surface area contributed by atoms with Crippen molar-refractivity contribution in [3.63, 3.8) is 0 Å². The van der Waals surface area contributed by atoms with Crippen LogP contribution in [0.4, 0.5) is 5.82 Å². The Balaban J connectivity index is 1.08. The number of nitrogens with zero attached hydrogens (tertiary/aromatic N) is 6. The first-order chi connectivity index (χ1) is 35.5. The van der Waals surface area contributed by atoms with Crippen molar-refractivity contribution in [2.75, 3.05) is 32.8 Å². The molecule has 1 aliphatic rings. The van der Waals surface area contributed by atoms with Crippen LogP contribution in [0.1, 0.15) is 91.4 Å². The van der Waals surface area contributed by atoms with Gasteiger partial charge in [-0.25, -0.2) is 19.6 Å². The second-order valence-electron chi connectivity index (χ2n) is 18.3. The van der Waals surface area contributed by atoms with Gasteiger partial charge in [-0.15, -0.1) is 0 Å².